The van der Waals surface area contributed by atoms with Gasteiger partial charge in [0.25, 0.3) is 0 Å². The average molecular weight is 393 g/mol. The molecular formula is C20H21BF4NP. The van der Waals surface area contributed by atoms with Crippen molar-refractivity contribution in [3.63, 3.8) is 0 Å². The first kappa shape index (κ1) is 21.1. The molecule has 0 amide bonds. The Kier molecular flexibility index (Phi) is 7.58. The van der Waals surface area contributed by atoms with E-state index >= 15 is 0 Å². The number of benzene rings is 3. The van der Waals surface area contributed by atoms with E-state index < -0.39 is 15.2 Å². The first-order chi connectivity index (χ1) is 12.8. The number of hydrogen-bond acceptors (Lipinski definition) is 0. The van der Waals surface area contributed by atoms with Crippen LogP contribution in [0.25, 0.3) is 0 Å². The molecule has 0 unspecified atom stereocenters. The lowest BCUT2D eigenvalue weighted by atomic mass is 10.1. The Bertz CT molecular complexity index is 781. The standard InChI is InChI=1S/C20H20NP.BF4/c1-16(21)19-14-8-9-15-20(19)22(17-10-4-2-5-11-17)18-12-6-3-7-13-18;2-1(3,4)5/h2-16H,21H2,1H3;/q;-1/p+1/t16-;/m1./s1. The monoisotopic (exact) mass is 393 g/mol. The number of halogens is 4. The molecule has 27 heavy (non-hydrogen) atoms. The Labute approximate surface area is 158 Å². The van der Waals surface area contributed by atoms with Crippen LogP contribution in [0.1, 0.15) is 18.5 Å². The zero-order chi connectivity index (χ0) is 19.9. The van der Waals surface area contributed by atoms with E-state index in [4.69, 9.17) is 0 Å². The molecule has 0 spiro atoms. The van der Waals surface area contributed by atoms with Gasteiger partial charge in [0.15, 0.2) is 0 Å². The molecule has 0 bridgehead atoms. The number of hydrogen-bond donors (Lipinski definition) is 1. The SMILES string of the molecule is C[C@@H]([NH3+])c1ccccc1P(c1ccccc1)c1ccccc1.F[B-](F)(F)F. The number of quaternary nitrogens is 1. The molecule has 3 aromatic rings. The van der Waals surface area contributed by atoms with Crippen molar-refractivity contribution in [3.05, 3.63) is 90.5 Å². The average Bonchev–Trinajstić information content (AvgIpc) is 2.63. The third-order valence-corrected chi connectivity index (χ3v) is 6.26. The maximum absolute atomic E-state index is 9.75. The van der Waals surface area contributed by atoms with Crippen molar-refractivity contribution in [2.24, 2.45) is 0 Å². The zero-order valence-corrected chi connectivity index (χ0v) is 15.8. The summed E-state index contributed by atoms with van der Waals surface area (Å²) in [6.07, 6.45) is 0. The summed E-state index contributed by atoms with van der Waals surface area (Å²) in [5.74, 6) is 0. The van der Waals surface area contributed by atoms with Crippen LogP contribution < -0.4 is 21.6 Å². The van der Waals surface area contributed by atoms with E-state index in [0.29, 0.717) is 0 Å². The van der Waals surface area contributed by atoms with Gasteiger partial charge in [-0.25, -0.2) is 0 Å². The molecule has 0 saturated heterocycles. The largest absolute Gasteiger partial charge is 0.673 e. The molecule has 3 rings (SSSR count). The third kappa shape index (κ3) is 6.81. The summed E-state index contributed by atoms with van der Waals surface area (Å²) in [5.41, 5.74) is 5.60. The minimum atomic E-state index is -6.00. The molecule has 3 aromatic carbocycles. The molecule has 1 nitrogen and oxygen atoms in total. The quantitative estimate of drug-likeness (QED) is 0.394. The lowest BCUT2D eigenvalue weighted by Crippen LogP contribution is -2.53. The van der Waals surface area contributed by atoms with Gasteiger partial charge in [0.05, 0.1) is 0 Å². The van der Waals surface area contributed by atoms with Gasteiger partial charge in [-0.1, -0.05) is 84.9 Å². The Hall–Kier alpha value is -2.17. The smallest absolute Gasteiger partial charge is 0.418 e. The predicted molar refractivity (Wildman–Crippen MR) is 107 cm³/mol. The van der Waals surface area contributed by atoms with Gasteiger partial charge >= 0.3 is 7.25 Å². The van der Waals surface area contributed by atoms with Gasteiger partial charge in [-0.15, -0.1) is 0 Å². The van der Waals surface area contributed by atoms with Crippen LogP contribution >= 0.6 is 7.92 Å². The summed E-state index contributed by atoms with van der Waals surface area (Å²) in [7, 11) is -6.54. The highest BCUT2D eigenvalue weighted by molar-refractivity contribution is 7.79. The van der Waals surface area contributed by atoms with E-state index in [-0.39, 0.29) is 6.04 Å². The summed E-state index contributed by atoms with van der Waals surface area (Å²) >= 11 is 0. The van der Waals surface area contributed by atoms with Crippen LogP contribution in [0.15, 0.2) is 84.9 Å². The van der Waals surface area contributed by atoms with Gasteiger partial charge in [-0.05, 0) is 30.8 Å². The summed E-state index contributed by atoms with van der Waals surface area (Å²) in [5, 5.41) is 4.19. The molecule has 0 fully saturated rings. The molecule has 0 saturated carbocycles. The summed E-state index contributed by atoms with van der Waals surface area (Å²) in [6, 6.07) is 30.7. The highest BCUT2D eigenvalue weighted by Gasteiger charge is 2.21. The fourth-order valence-corrected chi connectivity index (χ4v) is 5.27. The lowest BCUT2D eigenvalue weighted by molar-refractivity contribution is -0.420. The van der Waals surface area contributed by atoms with Crippen LogP contribution in [0.5, 0.6) is 0 Å². The van der Waals surface area contributed by atoms with Crippen LogP contribution in [-0.2, 0) is 0 Å². The Morgan fingerprint density at radius 1 is 0.704 bits per heavy atom. The molecule has 1 atom stereocenters. The predicted octanol–water partition coefficient (Wildman–Crippen LogP) is 4.05. The zero-order valence-electron chi connectivity index (χ0n) is 14.9. The minimum Gasteiger partial charge on any atom is -0.418 e. The van der Waals surface area contributed by atoms with Crippen LogP contribution in [0.4, 0.5) is 17.3 Å². The lowest BCUT2D eigenvalue weighted by Gasteiger charge is -2.22. The van der Waals surface area contributed by atoms with Crippen molar-refractivity contribution in [3.8, 4) is 0 Å². The first-order valence-electron chi connectivity index (χ1n) is 8.47. The maximum atomic E-state index is 9.75. The van der Waals surface area contributed by atoms with E-state index in [9.17, 15) is 17.3 Å². The van der Waals surface area contributed by atoms with Crippen molar-refractivity contribution in [1.29, 1.82) is 0 Å². The van der Waals surface area contributed by atoms with Gasteiger partial charge < -0.3 is 23.0 Å². The second-order valence-electron chi connectivity index (χ2n) is 5.96. The Balaban J connectivity index is 0.000000465. The highest BCUT2D eigenvalue weighted by Crippen LogP contribution is 2.34. The van der Waals surface area contributed by atoms with Crippen molar-refractivity contribution >= 4 is 31.1 Å². The fourth-order valence-electron chi connectivity index (χ4n) is 2.69. The first-order valence-corrected chi connectivity index (χ1v) is 9.81. The highest BCUT2D eigenvalue weighted by atomic mass is 31.1. The third-order valence-electron chi connectivity index (χ3n) is 3.74. The molecule has 3 N–H and O–H groups in total. The van der Waals surface area contributed by atoms with E-state index in [2.05, 4.69) is 97.6 Å². The van der Waals surface area contributed by atoms with Crippen molar-refractivity contribution in [1.82, 2.24) is 0 Å². The molecule has 0 radical (unpaired) electrons. The molecule has 0 heterocycles. The van der Waals surface area contributed by atoms with Gasteiger partial charge in [-0.3, -0.25) is 0 Å². The van der Waals surface area contributed by atoms with Crippen LogP contribution in [0.3, 0.4) is 0 Å². The van der Waals surface area contributed by atoms with E-state index in [1.807, 2.05) is 0 Å². The topological polar surface area (TPSA) is 27.6 Å². The fraction of sp³-hybridized carbons (Fsp3) is 0.100. The van der Waals surface area contributed by atoms with Gasteiger partial charge in [0.2, 0.25) is 0 Å². The Morgan fingerprint density at radius 3 is 1.48 bits per heavy atom. The molecule has 0 aliphatic carbocycles. The van der Waals surface area contributed by atoms with Crippen LogP contribution in [0, 0.1) is 0 Å². The van der Waals surface area contributed by atoms with Crippen molar-refractivity contribution in [2.45, 2.75) is 13.0 Å². The minimum absolute atomic E-state index is 0.286. The molecule has 142 valence electrons. The second kappa shape index (κ2) is 9.68. The molecule has 0 aromatic heterocycles. The molecular weight excluding hydrogens is 372 g/mol. The van der Waals surface area contributed by atoms with Gasteiger partial charge in [-0.2, -0.15) is 0 Å². The van der Waals surface area contributed by atoms with E-state index in [1.165, 1.54) is 21.5 Å². The van der Waals surface area contributed by atoms with Crippen molar-refractivity contribution in [2.75, 3.05) is 0 Å². The van der Waals surface area contributed by atoms with E-state index in [0.717, 1.165) is 0 Å². The summed E-state index contributed by atoms with van der Waals surface area (Å²) in [4.78, 5) is 0. The van der Waals surface area contributed by atoms with E-state index in [1.54, 1.807) is 0 Å². The van der Waals surface area contributed by atoms with Crippen molar-refractivity contribution < 1.29 is 23.0 Å². The Morgan fingerprint density at radius 2 is 1.07 bits per heavy atom. The molecule has 7 heteroatoms. The van der Waals surface area contributed by atoms with Crippen LogP contribution in [-0.4, -0.2) is 7.25 Å². The second-order valence-corrected chi connectivity index (χ2v) is 8.15. The van der Waals surface area contributed by atoms with Gasteiger partial charge in [0, 0.05) is 5.56 Å². The summed E-state index contributed by atoms with van der Waals surface area (Å²) < 4.78 is 39.0. The molecule has 0 aliphatic rings. The maximum Gasteiger partial charge on any atom is 0.673 e. The molecule has 0 aliphatic heterocycles. The number of rotatable bonds is 4. The summed E-state index contributed by atoms with van der Waals surface area (Å²) in [6.45, 7) is 2.17. The van der Waals surface area contributed by atoms with Gasteiger partial charge in [0.1, 0.15) is 6.04 Å². The normalized spacial score (nSPS) is 12.3. The van der Waals surface area contributed by atoms with Crippen LogP contribution in [0.2, 0.25) is 0 Å².